The Labute approximate surface area is 197 Å². The molecule has 0 saturated carbocycles. The molecule has 2 aromatic carbocycles. The Morgan fingerprint density at radius 1 is 0.970 bits per heavy atom. The highest BCUT2D eigenvalue weighted by Gasteiger charge is 2.35. The molecular weight excluding hydrogens is 483 g/mol. The number of aliphatic hydroxyl groups excluding tert-OH is 2. The molecule has 186 valence electrons. The third-order valence-corrected chi connectivity index (χ3v) is 6.24. The average Bonchev–Trinajstić information content (AvgIpc) is 2.74. The number of aliphatic hydroxyl groups is 2. The van der Waals surface area contributed by atoms with E-state index in [9.17, 15) is 31.8 Å². The minimum atomic E-state index is -4.61. The molecule has 0 heterocycles. The lowest BCUT2D eigenvalue weighted by molar-refractivity contribution is -0.139. The molecule has 0 saturated heterocycles. The van der Waals surface area contributed by atoms with E-state index in [0.29, 0.717) is 18.4 Å². The number of aryl methyl sites for hydroxylation is 2. The summed E-state index contributed by atoms with van der Waals surface area (Å²) in [7, 11) is -3.28. The molecule has 2 aromatic rings. The predicted molar refractivity (Wildman–Crippen MR) is 121 cm³/mol. The highest BCUT2D eigenvalue weighted by atomic mass is 35.5. The van der Waals surface area contributed by atoms with Crippen molar-refractivity contribution in [2.24, 2.45) is 5.73 Å². The lowest BCUT2D eigenvalue weighted by Crippen LogP contribution is -2.47. The lowest BCUT2D eigenvalue weighted by atomic mass is 9.93. The Morgan fingerprint density at radius 3 is 2.06 bits per heavy atom. The van der Waals surface area contributed by atoms with Crippen LogP contribution in [0.3, 0.4) is 0 Å². The van der Waals surface area contributed by atoms with Crippen molar-refractivity contribution in [2.45, 2.75) is 42.3 Å². The summed E-state index contributed by atoms with van der Waals surface area (Å²) in [5.41, 5.74) is 4.84. The summed E-state index contributed by atoms with van der Waals surface area (Å²) in [5, 5.41) is 18.5. The van der Waals surface area contributed by atoms with E-state index >= 15 is 0 Å². The third-order valence-electron chi connectivity index (χ3n) is 5.11. The van der Waals surface area contributed by atoms with E-state index in [1.165, 1.54) is 24.3 Å². The van der Waals surface area contributed by atoms with Crippen molar-refractivity contribution in [1.29, 1.82) is 0 Å². The normalized spacial score (nSPS) is 12.3. The maximum Gasteiger partial charge on any atom is 0.419 e. The van der Waals surface area contributed by atoms with Gasteiger partial charge in [0.2, 0.25) is 0 Å². The van der Waals surface area contributed by atoms with Gasteiger partial charge in [-0.1, -0.05) is 18.2 Å². The molecular formula is C22H29ClF3NO5S. The third kappa shape index (κ3) is 8.78. The van der Waals surface area contributed by atoms with Crippen LogP contribution in [0.15, 0.2) is 47.4 Å². The van der Waals surface area contributed by atoms with Gasteiger partial charge in [-0.25, -0.2) is 8.42 Å². The first-order valence-corrected chi connectivity index (χ1v) is 11.9. The molecule has 0 spiro atoms. The van der Waals surface area contributed by atoms with Gasteiger partial charge in [-0.2, -0.15) is 13.2 Å². The second-order valence-electron chi connectivity index (χ2n) is 7.88. The van der Waals surface area contributed by atoms with Crippen LogP contribution in [0.4, 0.5) is 13.2 Å². The predicted octanol–water partition coefficient (Wildman–Crippen LogP) is 3.16. The van der Waals surface area contributed by atoms with E-state index in [1.807, 2.05) is 0 Å². The van der Waals surface area contributed by atoms with Gasteiger partial charge in [-0.15, -0.1) is 12.4 Å². The summed E-state index contributed by atoms with van der Waals surface area (Å²) in [6.07, 6.45) is -2.25. The fourth-order valence-electron chi connectivity index (χ4n) is 3.04. The highest BCUT2D eigenvalue weighted by Crippen LogP contribution is 2.37. The van der Waals surface area contributed by atoms with Crippen molar-refractivity contribution in [3.63, 3.8) is 0 Å². The van der Waals surface area contributed by atoms with Crippen molar-refractivity contribution < 1.29 is 36.5 Å². The summed E-state index contributed by atoms with van der Waals surface area (Å²) in [4.78, 5) is 0.206. The van der Waals surface area contributed by atoms with Crippen molar-refractivity contribution in [3.8, 4) is 5.75 Å². The maximum atomic E-state index is 13.5. The van der Waals surface area contributed by atoms with Crippen molar-refractivity contribution in [3.05, 3.63) is 59.2 Å². The van der Waals surface area contributed by atoms with Gasteiger partial charge in [0.05, 0.1) is 35.8 Å². The average molecular weight is 512 g/mol. The van der Waals surface area contributed by atoms with Gasteiger partial charge in [0.1, 0.15) is 5.75 Å². The molecule has 0 aliphatic carbocycles. The lowest BCUT2D eigenvalue weighted by Gasteiger charge is -2.24. The van der Waals surface area contributed by atoms with Crippen LogP contribution < -0.4 is 10.5 Å². The number of sulfone groups is 1. The van der Waals surface area contributed by atoms with Crippen LogP contribution in [-0.2, 0) is 28.9 Å². The van der Waals surface area contributed by atoms with Crippen LogP contribution in [0.25, 0.3) is 0 Å². The Kier molecular flexibility index (Phi) is 10.6. The van der Waals surface area contributed by atoms with Crippen LogP contribution in [0.1, 0.15) is 29.5 Å². The molecule has 0 aliphatic heterocycles. The van der Waals surface area contributed by atoms with Crippen molar-refractivity contribution >= 4 is 22.2 Å². The number of benzene rings is 2. The van der Waals surface area contributed by atoms with E-state index in [2.05, 4.69) is 0 Å². The molecule has 33 heavy (non-hydrogen) atoms. The summed E-state index contributed by atoms with van der Waals surface area (Å²) in [5.74, 6) is -0.281. The zero-order chi connectivity index (χ0) is 24.0. The number of hydrogen-bond donors (Lipinski definition) is 3. The van der Waals surface area contributed by atoms with Gasteiger partial charge < -0.3 is 20.7 Å². The van der Waals surface area contributed by atoms with Crippen molar-refractivity contribution in [2.75, 3.05) is 26.1 Å². The molecule has 4 N–H and O–H groups in total. The summed E-state index contributed by atoms with van der Waals surface area (Å²) in [6, 6.07) is 10.1. The Morgan fingerprint density at radius 2 is 1.55 bits per heavy atom. The molecule has 0 aliphatic rings. The fourth-order valence-corrected chi connectivity index (χ4v) is 3.67. The number of rotatable bonds is 11. The Hall–Kier alpha value is -1.85. The zero-order valence-electron chi connectivity index (χ0n) is 18.1. The van der Waals surface area contributed by atoms with Crippen LogP contribution in [0.2, 0.25) is 0 Å². The van der Waals surface area contributed by atoms with Gasteiger partial charge >= 0.3 is 6.18 Å². The topological polar surface area (TPSA) is 110 Å². The van der Waals surface area contributed by atoms with Crippen LogP contribution in [0, 0.1) is 0 Å². The van der Waals surface area contributed by atoms with E-state index < -0.39 is 40.3 Å². The summed E-state index contributed by atoms with van der Waals surface area (Å²) in [6.45, 7) is -0.904. The molecule has 0 bridgehead atoms. The van der Waals surface area contributed by atoms with Crippen LogP contribution in [-0.4, -0.2) is 50.2 Å². The smallest absolute Gasteiger partial charge is 0.419 e. The monoisotopic (exact) mass is 511 g/mol. The van der Waals surface area contributed by atoms with Gasteiger partial charge in [0.15, 0.2) is 9.84 Å². The van der Waals surface area contributed by atoms with Crippen molar-refractivity contribution in [1.82, 2.24) is 0 Å². The number of nitrogens with two attached hydrogens (primary N) is 1. The summed E-state index contributed by atoms with van der Waals surface area (Å²) >= 11 is 0. The quantitative estimate of drug-likeness (QED) is 0.400. The molecule has 2 rings (SSSR count). The minimum absolute atomic E-state index is 0. The van der Waals surface area contributed by atoms with E-state index in [0.717, 1.165) is 17.9 Å². The first-order valence-electron chi connectivity index (χ1n) is 10.0. The molecule has 0 unspecified atom stereocenters. The standard InChI is InChI=1S/C22H28F3NO5S.ClH/c1-32(29,30)18-7-4-16(5-8-18)3-2-12-31-20-9-6-17(13-19(20)22(23,24)25)10-11-21(26,14-27)15-28;/h4-9,13,27-28H,2-3,10-12,14-15,26H2,1H3;1H. The number of hydrogen-bond acceptors (Lipinski definition) is 6. The molecule has 0 amide bonds. The number of halogens is 4. The number of alkyl halides is 3. The second kappa shape index (κ2) is 12.0. The van der Waals surface area contributed by atoms with Gasteiger partial charge in [-0.3, -0.25) is 0 Å². The van der Waals surface area contributed by atoms with E-state index in [4.69, 9.17) is 10.5 Å². The number of ether oxygens (including phenoxy) is 1. The SMILES string of the molecule is CS(=O)(=O)c1ccc(CCCOc2ccc(CCC(N)(CO)CO)cc2C(F)(F)F)cc1.Cl. The molecule has 0 radical (unpaired) electrons. The first-order chi connectivity index (χ1) is 14.9. The maximum absolute atomic E-state index is 13.5. The van der Waals surface area contributed by atoms with Crippen LogP contribution >= 0.6 is 12.4 Å². The highest BCUT2D eigenvalue weighted by molar-refractivity contribution is 7.90. The van der Waals surface area contributed by atoms with Gasteiger partial charge in [-0.05, 0) is 61.1 Å². The fraction of sp³-hybridized carbons (Fsp3) is 0.455. The van der Waals surface area contributed by atoms with Gasteiger partial charge in [0, 0.05) is 6.26 Å². The van der Waals surface area contributed by atoms with Gasteiger partial charge in [0.25, 0.3) is 0 Å². The Balaban J connectivity index is 0.00000544. The second-order valence-corrected chi connectivity index (χ2v) is 9.89. The minimum Gasteiger partial charge on any atom is -0.493 e. The molecule has 11 heteroatoms. The molecule has 6 nitrogen and oxygen atoms in total. The molecule has 0 aromatic heterocycles. The zero-order valence-corrected chi connectivity index (χ0v) is 19.8. The van der Waals surface area contributed by atoms with Crippen LogP contribution in [0.5, 0.6) is 5.75 Å². The Bertz CT molecular complexity index is 994. The van der Waals surface area contributed by atoms with E-state index in [1.54, 1.807) is 12.1 Å². The first kappa shape index (κ1) is 29.2. The molecule has 0 fully saturated rings. The molecule has 0 atom stereocenters. The largest absolute Gasteiger partial charge is 0.493 e. The van der Waals surface area contributed by atoms with E-state index in [-0.39, 0.29) is 42.5 Å². The summed E-state index contributed by atoms with van der Waals surface area (Å²) < 4.78 is 68.9.